The molecule has 5 heteroatoms. The maximum Gasteiger partial charge on any atom is 0.253 e. The SMILES string of the molecule is CN(C)CCCNC(=O)c1cccc2[nH]cnc12. The zero-order chi connectivity index (χ0) is 13.0. The van der Waals surface area contributed by atoms with Gasteiger partial charge in [-0.05, 0) is 39.2 Å². The Labute approximate surface area is 106 Å². The average molecular weight is 246 g/mol. The van der Waals surface area contributed by atoms with Crippen molar-refractivity contribution in [2.24, 2.45) is 0 Å². The average Bonchev–Trinajstić information content (AvgIpc) is 2.82. The highest BCUT2D eigenvalue weighted by atomic mass is 16.1. The minimum atomic E-state index is -0.0635. The van der Waals surface area contributed by atoms with Crippen LogP contribution in [0.1, 0.15) is 16.8 Å². The van der Waals surface area contributed by atoms with Gasteiger partial charge in [-0.1, -0.05) is 6.07 Å². The molecule has 0 atom stereocenters. The summed E-state index contributed by atoms with van der Waals surface area (Å²) in [7, 11) is 4.04. The van der Waals surface area contributed by atoms with Crippen molar-refractivity contribution in [2.45, 2.75) is 6.42 Å². The van der Waals surface area contributed by atoms with Crippen LogP contribution in [0.2, 0.25) is 0 Å². The third-order valence-electron chi connectivity index (χ3n) is 2.76. The summed E-state index contributed by atoms with van der Waals surface area (Å²) in [5, 5.41) is 2.92. The second-order valence-corrected chi connectivity index (χ2v) is 4.52. The van der Waals surface area contributed by atoms with E-state index in [0.29, 0.717) is 12.1 Å². The summed E-state index contributed by atoms with van der Waals surface area (Å²) in [6.07, 6.45) is 2.54. The van der Waals surface area contributed by atoms with Crippen LogP contribution in [0.3, 0.4) is 0 Å². The van der Waals surface area contributed by atoms with Gasteiger partial charge < -0.3 is 15.2 Å². The van der Waals surface area contributed by atoms with Crippen molar-refractivity contribution in [1.82, 2.24) is 20.2 Å². The first kappa shape index (κ1) is 12.6. The number of carbonyl (C=O) groups excluding carboxylic acids is 1. The second kappa shape index (κ2) is 5.64. The number of aromatic nitrogens is 2. The van der Waals surface area contributed by atoms with Crippen molar-refractivity contribution in [2.75, 3.05) is 27.2 Å². The van der Waals surface area contributed by atoms with Crippen molar-refractivity contribution in [1.29, 1.82) is 0 Å². The molecule has 96 valence electrons. The van der Waals surface area contributed by atoms with Gasteiger partial charge >= 0.3 is 0 Å². The molecule has 0 bridgehead atoms. The lowest BCUT2D eigenvalue weighted by Crippen LogP contribution is -2.27. The van der Waals surface area contributed by atoms with Gasteiger partial charge in [0.25, 0.3) is 5.91 Å². The molecule has 0 aliphatic carbocycles. The predicted octanol–water partition coefficient (Wildman–Crippen LogP) is 1.24. The smallest absolute Gasteiger partial charge is 0.253 e. The molecule has 2 aromatic rings. The molecule has 5 nitrogen and oxygen atoms in total. The highest BCUT2D eigenvalue weighted by Crippen LogP contribution is 2.14. The van der Waals surface area contributed by atoms with Crippen LogP contribution in [0.5, 0.6) is 0 Å². The number of hydrogen-bond acceptors (Lipinski definition) is 3. The maximum atomic E-state index is 12.0. The van der Waals surface area contributed by atoms with Crippen LogP contribution < -0.4 is 5.32 Å². The summed E-state index contributed by atoms with van der Waals surface area (Å²) in [4.78, 5) is 21.3. The molecule has 2 N–H and O–H groups in total. The van der Waals surface area contributed by atoms with Crippen LogP contribution in [0, 0.1) is 0 Å². The van der Waals surface area contributed by atoms with Gasteiger partial charge in [-0.2, -0.15) is 0 Å². The Morgan fingerprint density at radius 3 is 3.06 bits per heavy atom. The lowest BCUT2D eigenvalue weighted by Gasteiger charge is -2.10. The number of fused-ring (bicyclic) bond motifs is 1. The van der Waals surface area contributed by atoms with Gasteiger partial charge in [0.1, 0.15) is 5.52 Å². The van der Waals surface area contributed by atoms with E-state index < -0.39 is 0 Å². The van der Waals surface area contributed by atoms with Gasteiger partial charge in [0, 0.05) is 6.54 Å². The van der Waals surface area contributed by atoms with Crippen LogP contribution in [-0.2, 0) is 0 Å². The van der Waals surface area contributed by atoms with E-state index >= 15 is 0 Å². The van der Waals surface area contributed by atoms with E-state index in [1.54, 1.807) is 12.4 Å². The third-order valence-corrected chi connectivity index (χ3v) is 2.76. The van der Waals surface area contributed by atoms with E-state index in [1.165, 1.54) is 0 Å². The van der Waals surface area contributed by atoms with E-state index in [1.807, 2.05) is 26.2 Å². The van der Waals surface area contributed by atoms with Crippen LogP contribution in [0.15, 0.2) is 24.5 Å². The Kier molecular flexibility index (Phi) is 3.94. The maximum absolute atomic E-state index is 12.0. The molecule has 0 aliphatic rings. The van der Waals surface area contributed by atoms with Gasteiger partial charge in [-0.3, -0.25) is 4.79 Å². The van der Waals surface area contributed by atoms with Crippen LogP contribution in [0.25, 0.3) is 11.0 Å². The van der Waals surface area contributed by atoms with Crippen molar-refractivity contribution in [3.05, 3.63) is 30.1 Å². The molecule has 0 fully saturated rings. The molecule has 0 spiro atoms. The Hall–Kier alpha value is -1.88. The predicted molar refractivity (Wildman–Crippen MR) is 71.6 cm³/mol. The van der Waals surface area contributed by atoms with Gasteiger partial charge in [-0.15, -0.1) is 0 Å². The van der Waals surface area contributed by atoms with Crippen LogP contribution in [-0.4, -0.2) is 48.0 Å². The van der Waals surface area contributed by atoms with E-state index in [-0.39, 0.29) is 5.91 Å². The number of carbonyl (C=O) groups is 1. The zero-order valence-electron chi connectivity index (χ0n) is 10.7. The topological polar surface area (TPSA) is 61.0 Å². The molecule has 0 saturated heterocycles. The molecule has 2 rings (SSSR count). The summed E-state index contributed by atoms with van der Waals surface area (Å²) in [5.41, 5.74) is 2.23. The van der Waals surface area contributed by atoms with Gasteiger partial charge in [-0.25, -0.2) is 4.98 Å². The Bertz CT molecular complexity index is 533. The second-order valence-electron chi connectivity index (χ2n) is 4.52. The summed E-state index contributed by atoms with van der Waals surface area (Å²) >= 11 is 0. The zero-order valence-corrected chi connectivity index (χ0v) is 10.7. The van der Waals surface area contributed by atoms with Crippen LogP contribution >= 0.6 is 0 Å². The molecule has 1 aromatic heterocycles. The van der Waals surface area contributed by atoms with Gasteiger partial charge in [0.15, 0.2) is 0 Å². The van der Waals surface area contributed by atoms with E-state index in [0.717, 1.165) is 24.0 Å². The molecular weight excluding hydrogens is 228 g/mol. The summed E-state index contributed by atoms with van der Waals surface area (Å²) < 4.78 is 0. The van der Waals surface area contributed by atoms with Gasteiger partial charge in [0.05, 0.1) is 17.4 Å². The number of rotatable bonds is 5. The van der Waals surface area contributed by atoms with Crippen molar-refractivity contribution >= 4 is 16.9 Å². The lowest BCUT2D eigenvalue weighted by atomic mass is 10.1. The molecule has 1 heterocycles. The Morgan fingerprint density at radius 2 is 2.28 bits per heavy atom. The van der Waals surface area contributed by atoms with Crippen molar-refractivity contribution in [3.8, 4) is 0 Å². The summed E-state index contributed by atoms with van der Waals surface area (Å²) in [6, 6.07) is 5.56. The molecule has 0 saturated carbocycles. The molecule has 0 unspecified atom stereocenters. The summed E-state index contributed by atoms with van der Waals surface area (Å²) in [5.74, 6) is -0.0635. The highest BCUT2D eigenvalue weighted by molar-refractivity contribution is 6.04. The fourth-order valence-corrected chi connectivity index (χ4v) is 1.84. The number of para-hydroxylation sites is 1. The molecule has 0 radical (unpaired) electrons. The lowest BCUT2D eigenvalue weighted by molar-refractivity contribution is 0.0954. The van der Waals surface area contributed by atoms with E-state index in [4.69, 9.17) is 0 Å². The normalized spacial score (nSPS) is 11.1. The van der Waals surface area contributed by atoms with E-state index in [2.05, 4.69) is 20.2 Å². The highest BCUT2D eigenvalue weighted by Gasteiger charge is 2.10. The minimum Gasteiger partial charge on any atom is -0.352 e. The Morgan fingerprint density at radius 1 is 1.44 bits per heavy atom. The number of nitrogens with one attached hydrogen (secondary N) is 2. The fourth-order valence-electron chi connectivity index (χ4n) is 1.84. The minimum absolute atomic E-state index is 0.0635. The van der Waals surface area contributed by atoms with Crippen molar-refractivity contribution in [3.63, 3.8) is 0 Å². The fraction of sp³-hybridized carbons (Fsp3) is 0.385. The first-order chi connectivity index (χ1) is 8.68. The number of imidazole rings is 1. The number of benzene rings is 1. The monoisotopic (exact) mass is 246 g/mol. The third kappa shape index (κ3) is 2.87. The first-order valence-corrected chi connectivity index (χ1v) is 6.03. The van der Waals surface area contributed by atoms with Crippen molar-refractivity contribution < 1.29 is 4.79 Å². The molecular formula is C13H18N4O. The summed E-state index contributed by atoms with van der Waals surface area (Å²) in [6.45, 7) is 1.64. The number of nitrogens with zero attached hydrogens (tertiary/aromatic N) is 2. The number of amides is 1. The largest absolute Gasteiger partial charge is 0.352 e. The van der Waals surface area contributed by atoms with Gasteiger partial charge in [0.2, 0.25) is 0 Å². The standard InChI is InChI=1S/C13H18N4O/c1-17(2)8-4-7-14-13(18)10-5-3-6-11-12(10)16-9-15-11/h3,5-6,9H,4,7-8H2,1-2H3,(H,14,18)(H,15,16). The van der Waals surface area contributed by atoms with Crippen LogP contribution in [0.4, 0.5) is 0 Å². The molecule has 0 aliphatic heterocycles. The molecule has 1 aromatic carbocycles. The quantitative estimate of drug-likeness (QED) is 0.780. The molecule has 1 amide bonds. The first-order valence-electron chi connectivity index (χ1n) is 6.03. The Balaban J connectivity index is 1.98. The number of H-pyrrole nitrogens is 1. The number of aromatic amines is 1. The van der Waals surface area contributed by atoms with E-state index in [9.17, 15) is 4.79 Å². The number of hydrogen-bond donors (Lipinski definition) is 2. The molecule has 18 heavy (non-hydrogen) atoms.